The van der Waals surface area contributed by atoms with Gasteiger partial charge < -0.3 is 5.11 Å². The maximum Gasteiger partial charge on any atom is 0.262 e. The van der Waals surface area contributed by atoms with Gasteiger partial charge in [-0.25, -0.2) is 12.8 Å². The number of hydrogen-bond acceptors (Lipinski definition) is 3. The van der Waals surface area contributed by atoms with E-state index in [0.717, 1.165) is 12.1 Å². The zero-order chi connectivity index (χ0) is 14.9. The van der Waals surface area contributed by atoms with Crippen LogP contribution < -0.4 is 4.72 Å². The minimum atomic E-state index is -3.79. The zero-order valence-corrected chi connectivity index (χ0v) is 11.8. The first-order valence-electron chi connectivity index (χ1n) is 5.88. The number of phenols is 1. The summed E-state index contributed by atoms with van der Waals surface area (Å²) in [6.45, 7) is 3.20. The molecule has 0 aliphatic rings. The van der Waals surface area contributed by atoms with Crippen molar-refractivity contribution in [1.82, 2.24) is 0 Å². The number of benzene rings is 2. The molecular weight excluding hydrogens is 281 g/mol. The van der Waals surface area contributed by atoms with Gasteiger partial charge in [0, 0.05) is 0 Å². The lowest BCUT2D eigenvalue weighted by Gasteiger charge is -2.12. The molecule has 0 fully saturated rings. The molecule has 0 atom stereocenters. The number of anilines is 1. The van der Waals surface area contributed by atoms with Gasteiger partial charge in [-0.05, 0) is 61.4 Å². The van der Waals surface area contributed by atoms with E-state index in [1.54, 1.807) is 6.92 Å². The molecule has 2 aromatic carbocycles. The smallest absolute Gasteiger partial charge is 0.262 e. The van der Waals surface area contributed by atoms with Gasteiger partial charge in [-0.3, -0.25) is 4.72 Å². The molecule has 106 valence electrons. The average molecular weight is 295 g/mol. The number of rotatable bonds is 3. The van der Waals surface area contributed by atoms with Gasteiger partial charge in [-0.15, -0.1) is 0 Å². The molecule has 0 saturated heterocycles. The van der Waals surface area contributed by atoms with Crippen molar-refractivity contribution in [2.75, 3.05) is 4.72 Å². The molecule has 0 aromatic heterocycles. The highest BCUT2D eigenvalue weighted by Gasteiger charge is 2.18. The Balaban J connectivity index is 2.41. The predicted octanol–water partition coefficient (Wildman–Crippen LogP) is 2.95. The van der Waals surface area contributed by atoms with Crippen LogP contribution in [0.4, 0.5) is 10.1 Å². The topological polar surface area (TPSA) is 66.4 Å². The lowest BCUT2D eigenvalue weighted by molar-refractivity contribution is 0.475. The van der Waals surface area contributed by atoms with Gasteiger partial charge in [0.2, 0.25) is 0 Å². The third kappa shape index (κ3) is 2.91. The first-order chi connectivity index (χ1) is 9.29. The molecule has 4 nitrogen and oxygen atoms in total. The Kier molecular flexibility index (Phi) is 3.67. The van der Waals surface area contributed by atoms with Crippen LogP contribution in [-0.2, 0) is 10.0 Å². The molecular formula is C14H14FNO3S. The fraction of sp³-hybridized carbons (Fsp3) is 0.143. The molecule has 2 rings (SSSR count). The van der Waals surface area contributed by atoms with Crippen LogP contribution in [0.5, 0.6) is 5.75 Å². The van der Waals surface area contributed by atoms with Crippen LogP contribution in [0.3, 0.4) is 0 Å². The Bertz CT molecular complexity index is 757. The summed E-state index contributed by atoms with van der Waals surface area (Å²) in [5.74, 6) is -0.425. The van der Waals surface area contributed by atoms with Crippen LogP contribution in [-0.4, -0.2) is 13.5 Å². The highest BCUT2D eigenvalue weighted by molar-refractivity contribution is 7.92. The number of halogens is 1. The fourth-order valence-corrected chi connectivity index (χ4v) is 3.23. The highest BCUT2D eigenvalue weighted by Crippen LogP contribution is 2.24. The molecule has 6 heteroatoms. The third-order valence-electron chi connectivity index (χ3n) is 2.88. The van der Waals surface area contributed by atoms with E-state index in [1.165, 1.54) is 31.2 Å². The zero-order valence-electron chi connectivity index (χ0n) is 11.0. The summed E-state index contributed by atoms with van der Waals surface area (Å²) in [6, 6.07) is 7.81. The molecule has 0 spiro atoms. The van der Waals surface area contributed by atoms with E-state index in [-0.39, 0.29) is 10.6 Å². The van der Waals surface area contributed by atoms with Gasteiger partial charge in [0.05, 0.1) is 10.6 Å². The second-order valence-corrected chi connectivity index (χ2v) is 6.17. The van der Waals surface area contributed by atoms with E-state index >= 15 is 0 Å². The van der Waals surface area contributed by atoms with Crippen LogP contribution >= 0.6 is 0 Å². The summed E-state index contributed by atoms with van der Waals surface area (Å²) in [5.41, 5.74) is 1.29. The standard InChI is InChI=1S/C14H14FNO3S/c1-9-8-12(17)4-5-13(9)16-20(18,19)14-6-3-11(15)7-10(14)2/h3-8,16-17H,1-2H3. The number of sulfonamides is 1. The van der Waals surface area contributed by atoms with Crippen molar-refractivity contribution in [2.24, 2.45) is 0 Å². The predicted molar refractivity (Wildman–Crippen MR) is 74.8 cm³/mol. The van der Waals surface area contributed by atoms with Crippen LogP contribution in [0.15, 0.2) is 41.3 Å². The summed E-state index contributed by atoms with van der Waals surface area (Å²) in [4.78, 5) is 0.0198. The number of aromatic hydroxyl groups is 1. The van der Waals surface area contributed by atoms with E-state index in [2.05, 4.69) is 4.72 Å². The van der Waals surface area contributed by atoms with Crippen molar-refractivity contribution < 1.29 is 17.9 Å². The number of aryl methyl sites for hydroxylation is 2. The summed E-state index contributed by atoms with van der Waals surface area (Å²) in [7, 11) is -3.79. The van der Waals surface area contributed by atoms with Gasteiger partial charge in [0.25, 0.3) is 10.0 Å². The van der Waals surface area contributed by atoms with E-state index in [0.29, 0.717) is 16.8 Å². The molecule has 0 aliphatic carbocycles. The minimum absolute atomic E-state index is 0.0198. The van der Waals surface area contributed by atoms with Gasteiger partial charge in [0.1, 0.15) is 11.6 Å². The summed E-state index contributed by atoms with van der Waals surface area (Å²) in [5, 5.41) is 9.31. The molecule has 0 radical (unpaired) electrons. The van der Waals surface area contributed by atoms with Gasteiger partial charge in [-0.1, -0.05) is 0 Å². The maximum atomic E-state index is 13.0. The number of hydrogen-bond donors (Lipinski definition) is 2. The van der Waals surface area contributed by atoms with E-state index < -0.39 is 15.8 Å². The summed E-state index contributed by atoms with van der Waals surface area (Å²) >= 11 is 0. The monoisotopic (exact) mass is 295 g/mol. The molecule has 0 amide bonds. The maximum absolute atomic E-state index is 13.0. The Hall–Kier alpha value is -2.08. The molecule has 2 aromatic rings. The Morgan fingerprint density at radius 3 is 2.35 bits per heavy atom. The van der Waals surface area contributed by atoms with Gasteiger partial charge >= 0.3 is 0 Å². The highest BCUT2D eigenvalue weighted by atomic mass is 32.2. The Morgan fingerprint density at radius 1 is 1.05 bits per heavy atom. The van der Waals surface area contributed by atoms with Crippen LogP contribution in [0, 0.1) is 19.7 Å². The third-order valence-corrected chi connectivity index (χ3v) is 4.41. The largest absolute Gasteiger partial charge is 0.508 e. The first kappa shape index (κ1) is 14.3. The SMILES string of the molecule is Cc1cc(O)ccc1NS(=O)(=O)c1ccc(F)cc1C. The van der Waals surface area contributed by atoms with Crippen LogP contribution in [0.1, 0.15) is 11.1 Å². The van der Waals surface area contributed by atoms with Crippen molar-refractivity contribution in [2.45, 2.75) is 18.7 Å². The average Bonchev–Trinajstić information content (AvgIpc) is 2.32. The molecule has 0 aliphatic heterocycles. The first-order valence-corrected chi connectivity index (χ1v) is 7.36. The van der Waals surface area contributed by atoms with E-state index in [9.17, 15) is 17.9 Å². The van der Waals surface area contributed by atoms with Gasteiger partial charge in [0.15, 0.2) is 0 Å². The van der Waals surface area contributed by atoms with E-state index in [1.807, 2.05) is 0 Å². The number of nitrogens with one attached hydrogen (secondary N) is 1. The lowest BCUT2D eigenvalue weighted by atomic mass is 10.2. The van der Waals surface area contributed by atoms with Gasteiger partial charge in [-0.2, -0.15) is 0 Å². The van der Waals surface area contributed by atoms with Crippen molar-refractivity contribution >= 4 is 15.7 Å². The van der Waals surface area contributed by atoms with E-state index in [4.69, 9.17) is 0 Å². The fourth-order valence-electron chi connectivity index (χ4n) is 1.88. The normalized spacial score (nSPS) is 11.3. The molecule has 0 bridgehead atoms. The van der Waals surface area contributed by atoms with Crippen molar-refractivity contribution in [3.63, 3.8) is 0 Å². The van der Waals surface area contributed by atoms with Crippen molar-refractivity contribution in [3.05, 3.63) is 53.3 Å². The van der Waals surface area contributed by atoms with Crippen molar-refractivity contribution in [1.29, 1.82) is 0 Å². The quantitative estimate of drug-likeness (QED) is 0.856. The summed E-state index contributed by atoms with van der Waals surface area (Å²) in [6.07, 6.45) is 0. The second kappa shape index (κ2) is 5.13. The molecule has 0 heterocycles. The molecule has 0 saturated carbocycles. The minimum Gasteiger partial charge on any atom is -0.508 e. The molecule has 2 N–H and O–H groups in total. The van der Waals surface area contributed by atoms with Crippen molar-refractivity contribution in [3.8, 4) is 5.75 Å². The summed E-state index contributed by atoms with van der Waals surface area (Å²) < 4.78 is 40.0. The Morgan fingerprint density at radius 2 is 1.75 bits per heavy atom. The Labute approximate surface area is 116 Å². The molecule has 20 heavy (non-hydrogen) atoms. The lowest BCUT2D eigenvalue weighted by Crippen LogP contribution is -2.15. The van der Waals surface area contributed by atoms with Crippen LogP contribution in [0.2, 0.25) is 0 Å². The van der Waals surface area contributed by atoms with Crippen LogP contribution in [0.25, 0.3) is 0 Å². The number of phenolic OH excluding ortho intramolecular Hbond substituents is 1. The second-order valence-electron chi connectivity index (χ2n) is 4.51. The molecule has 0 unspecified atom stereocenters.